The summed E-state index contributed by atoms with van der Waals surface area (Å²) in [7, 11) is -3.05. The summed E-state index contributed by atoms with van der Waals surface area (Å²) in [6, 6.07) is 12.6. The van der Waals surface area contributed by atoms with Crippen molar-refractivity contribution in [2.75, 3.05) is 18.0 Å². The van der Waals surface area contributed by atoms with Crippen molar-refractivity contribution in [3.8, 4) is 11.3 Å². The number of rotatable bonds is 8. The van der Waals surface area contributed by atoms with E-state index in [-0.39, 0.29) is 11.9 Å². The number of amides is 1. The van der Waals surface area contributed by atoms with Crippen LogP contribution in [0.25, 0.3) is 22.2 Å². The molecule has 2 aliphatic rings. The fourth-order valence-corrected chi connectivity index (χ4v) is 5.86. The number of furan rings is 1. The van der Waals surface area contributed by atoms with Gasteiger partial charge >= 0.3 is 0 Å². The zero-order valence-electron chi connectivity index (χ0n) is 20.7. The Labute approximate surface area is 236 Å². The molecule has 0 radical (unpaired) electrons. The Hall–Kier alpha value is -3.05. The first-order valence-corrected chi connectivity index (χ1v) is 14.6. The predicted octanol–water partition coefficient (Wildman–Crippen LogP) is 5.71. The molecule has 3 heterocycles. The van der Waals surface area contributed by atoms with Gasteiger partial charge in [0, 0.05) is 41.2 Å². The maximum Gasteiger partial charge on any atom is 0.300 e. The Balaban J connectivity index is 1.12. The molecule has 1 aliphatic heterocycles. The van der Waals surface area contributed by atoms with Gasteiger partial charge in [-0.25, -0.2) is 13.1 Å². The topological polar surface area (TPSA) is 115 Å². The summed E-state index contributed by atoms with van der Waals surface area (Å²) in [6.45, 7) is 1.96. The first kappa shape index (κ1) is 26.2. The molecule has 1 saturated carbocycles. The second kappa shape index (κ2) is 10.8. The molecule has 1 saturated heterocycles. The van der Waals surface area contributed by atoms with Gasteiger partial charge in [0.1, 0.15) is 17.0 Å². The number of carbonyl (C=O) groups excluding carboxylic acids is 1. The SMILES string of the molecule is O=C(N[SH](=O)=O)c1cc2cc(N3CCC(OCc4c(-c5c(Cl)cccc5Cl)noc4C4CC4)CC3)ccc2o1. The molecule has 4 aromatic rings. The smallest absolute Gasteiger partial charge is 0.300 e. The fraction of sp³-hybridized carbons (Fsp3) is 0.333. The average Bonchev–Trinajstić information content (AvgIpc) is 3.53. The largest absolute Gasteiger partial charge is 0.451 e. The van der Waals surface area contributed by atoms with Crippen LogP contribution in [0.15, 0.2) is 51.4 Å². The molecule has 12 heteroatoms. The van der Waals surface area contributed by atoms with Crippen LogP contribution >= 0.6 is 23.2 Å². The number of carbonyl (C=O) groups is 1. The number of piperidine rings is 1. The van der Waals surface area contributed by atoms with Gasteiger partial charge in [0.25, 0.3) is 5.91 Å². The Morgan fingerprint density at radius 1 is 1.08 bits per heavy atom. The molecule has 1 amide bonds. The van der Waals surface area contributed by atoms with Crippen molar-refractivity contribution in [2.45, 2.75) is 44.3 Å². The summed E-state index contributed by atoms with van der Waals surface area (Å²) in [5.74, 6) is 0.382. The van der Waals surface area contributed by atoms with Gasteiger partial charge < -0.3 is 18.6 Å². The van der Waals surface area contributed by atoms with Gasteiger partial charge in [0.05, 0.1) is 22.8 Å². The monoisotopic (exact) mass is 589 g/mol. The Morgan fingerprint density at radius 3 is 2.51 bits per heavy atom. The number of nitrogens with one attached hydrogen (secondary N) is 1. The number of anilines is 1. The van der Waals surface area contributed by atoms with Crippen LogP contribution < -0.4 is 9.62 Å². The van der Waals surface area contributed by atoms with E-state index in [4.69, 9.17) is 36.9 Å². The van der Waals surface area contributed by atoms with Crippen molar-refractivity contribution in [3.05, 3.63) is 69.6 Å². The number of thiol groups is 1. The third-order valence-electron chi connectivity index (χ3n) is 7.15. The summed E-state index contributed by atoms with van der Waals surface area (Å²) in [5, 5.41) is 6.11. The van der Waals surface area contributed by atoms with Crippen molar-refractivity contribution >= 4 is 56.7 Å². The molecule has 6 rings (SSSR count). The van der Waals surface area contributed by atoms with Crippen LogP contribution in [0, 0.1) is 0 Å². The third kappa shape index (κ3) is 5.51. The number of fused-ring (bicyclic) bond motifs is 1. The second-order valence-corrected chi connectivity index (χ2v) is 11.3. The number of aromatic nitrogens is 1. The Kier molecular flexibility index (Phi) is 7.28. The highest BCUT2D eigenvalue weighted by molar-refractivity contribution is 7.71. The highest BCUT2D eigenvalue weighted by Gasteiger charge is 2.34. The number of hydrogen-bond acceptors (Lipinski definition) is 8. The van der Waals surface area contributed by atoms with E-state index in [0.29, 0.717) is 39.4 Å². The number of benzene rings is 2. The molecule has 2 aromatic heterocycles. The molecule has 0 atom stereocenters. The van der Waals surface area contributed by atoms with Gasteiger partial charge in [-0.3, -0.25) is 4.79 Å². The van der Waals surface area contributed by atoms with Crippen LogP contribution in [0.2, 0.25) is 10.0 Å². The quantitative estimate of drug-likeness (QED) is 0.251. The molecule has 204 valence electrons. The maximum atomic E-state index is 12.0. The van der Waals surface area contributed by atoms with Crippen molar-refractivity contribution in [1.29, 1.82) is 0 Å². The predicted molar refractivity (Wildman–Crippen MR) is 148 cm³/mol. The van der Waals surface area contributed by atoms with Gasteiger partial charge in [0.2, 0.25) is 10.9 Å². The molecule has 9 nitrogen and oxygen atoms in total. The number of hydrogen-bond donors (Lipinski definition) is 2. The van der Waals surface area contributed by atoms with Crippen molar-refractivity contribution in [3.63, 3.8) is 0 Å². The van der Waals surface area contributed by atoms with E-state index in [9.17, 15) is 13.2 Å². The van der Waals surface area contributed by atoms with E-state index in [2.05, 4.69) is 10.1 Å². The zero-order valence-corrected chi connectivity index (χ0v) is 23.1. The Morgan fingerprint density at radius 2 is 1.82 bits per heavy atom. The van der Waals surface area contributed by atoms with Crippen molar-refractivity contribution in [1.82, 2.24) is 9.88 Å². The fourth-order valence-electron chi connectivity index (χ4n) is 5.01. The van der Waals surface area contributed by atoms with Crippen LogP contribution in [-0.2, 0) is 22.2 Å². The van der Waals surface area contributed by atoms with E-state index in [0.717, 1.165) is 61.2 Å². The standard InChI is InChI=1S/C27H25Cl2N3O6S/c28-20-2-1-3-21(29)24(20)25-19(26(38-30-25)15-4-5-15)14-36-18-8-10-32(11-9-18)17-6-7-22-16(12-17)13-23(37-22)27(33)31-39(34)35/h1-3,6-7,12-13,15,18,39H,4-5,8-11,14H2,(H,31,33,34,35). The van der Waals surface area contributed by atoms with Gasteiger partial charge in [-0.15, -0.1) is 0 Å². The number of ether oxygens (including phenoxy) is 1. The van der Waals surface area contributed by atoms with E-state index in [1.807, 2.05) is 16.9 Å². The van der Waals surface area contributed by atoms with Crippen LogP contribution in [0.5, 0.6) is 0 Å². The van der Waals surface area contributed by atoms with Crippen LogP contribution in [0.1, 0.15) is 53.5 Å². The molecule has 0 spiro atoms. The molecule has 1 aliphatic carbocycles. The van der Waals surface area contributed by atoms with E-state index < -0.39 is 16.8 Å². The van der Waals surface area contributed by atoms with E-state index >= 15 is 0 Å². The highest BCUT2D eigenvalue weighted by Crippen LogP contribution is 2.46. The zero-order chi connectivity index (χ0) is 27.1. The lowest BCUT2D eigenvalue weighted by Gasteiger charge is -2.33. The first-order chi connectivity index (χ1) is 18.9. The molecular weight excluding hydrogens is 565 g/mol. The molecule has 0 bridgehead atoms. The summed E-state index contributed by atoms with van der Waals surface area (Å²) >= 11 is 12.9. The average molecular weight is 590 g/mol. The molecule has 1 N–H and O–H groups in total. The highest BCUT2D eigenvalue weighted by atomic mass is 35.5. The lowest BCUT2D eigenvalue weighted by Crippen LogP contribution is -2.37. The molecular formula is C27H25Cl2N3O6S. The first-order valence-electron chi connectivity index (χ1n) is 12.7. The minimum absolute atomic E-state index is 0.0507. The number of nitrogens with zero attached hydrogens (tertiary/aromatic N) is 2. The minimum atomic E-state index is -3.05. The molecule has 2 aromatic carbocycles. The van der Waals surface area contributed by atoms with Gasteiger partial charge in [-0.05, 0) is 62.1 Å². The Bertz CT molecular complexity index is 1590. The van der Waals surface area contributed by atoms with Crippen molar-refractivity contribution < 1.29 is 26.9 Å². The van der Waals surface area contributed by atoms with Gasteiger partial charge in [0.15, 0.2) is 5.76 Å². The summed E-state index contributed by atoms with van der Waals surface area (Å²) in [6.07, 6.45) is 3.88. The summed E-state index contributed by atoms with van der Waals surface area (Å²) in [5.41, 5.74) is 3.74. The second-order valence-electron chi connectivity index (χ2n) is 9.77. The third-order valence-corrected chi connectivity index (χ3v) is 8.17. The van der Waals surface area contributed by atoms with Gasteiger partial charge in [-0.1, -0.05) is 34.4 Å². The lowest BCUT2D eigenvalue weighted by molar-refractivity contribution is 0.0246. The summed E-state index contributed by atoms with van der Waals surface area (Å²) < 4.78 is 41.0. The van der Waals surface area contributed by atoms with Gasteiger partial charge in [-0.2, -0.15) is 0 Å². The number of halogens is 2. The maximum absolute atomic E-state index is 12.0. The normalized spacial score (nSPS) is 16.3. The molecule has 2 fully saturated rings. The van der Waals surface area contributed by atoms with Crippen LogP contribution in [0.3, 0.4) is 0 Å². The minimum Gasteiger partial charge on any atom is -0.451 e. The molecule has 0 unspecified atom stereocenters. The summed E-state index contributed by atoms with van der Waals surface area (Å²) in [4.78, 5) is 14.2. The van der Waals surface area contributed by atoms with Crippen molar-refractivity contribution in [2.24, 2.45) is 0 Å². The van der Waals surface area contributed by atoms with E-state index in [1.165, 1.54) is 0 Å². The van der Waals surface area contributed by atoms with Crippen LogP contribution in [0.4, 0.5) is 5.69 Å². The molecule has 39 heavy (non-hydrogen) atoms. The van der Waals surface area contributed by atoms with Crippen LogP contribution in [-0.4, -0.2) is 38.7 Å². The van der Waals surface area contributed by atoms with E-state index in [1.54, 1.807) is 30.3 Å². The lowest BCUT2D eigenvalue weighted by atomic mass is 10.0.